The molecule has 0 saturated heterocycles. The van der Waals surface area contributed by atoms with Crippen LogP contribution in [0, 0.1) is 6.92 Å². The van der Waals surface area contributed by atoms with Crippen LogP contribution in [-0.2, 0) is 16.4 Å². The number of hydrogen-bond donors (Lipinski definition) is 1. The zero-order chi connectivity index (χ0) is 15.2. The van der Waals surface area contributed by atoms with Gasteiger partial charge in [0.1, 0.15) is 0 Å². The summed E-state index contributed by atoms with van der Waals surface area (Å²) in [7, 11) is 0.0362. The quantitative estimate of drug-likeness (QED) is 0.796. The van der Waals surface area contributed by atoms with Crippen LogP contribution in [0.1, 0.15) is 24.5 Å². The molecule has 0 heterocycles. The van der Waals surface area contributed by atoms with Gasteiger partial charge in [-0.15, -0.1) is 0 Å². The Morgan fingerprint density at radius 1 is 1.30 bits per heavy atom. The largest absolute Gasteiger partial charge is 0.313 e. The van der Waals surface area contributed by atoms with Crippen LogP contribution in [0.15, 0.2) is 24.3 Å². The number of rotatable bonds is 8. The van der Waals surface area contributed by atoms with E-state index in [0.29, 0.717) is 12.6 Å². The third-order valence-corrected chi connectivity index (χ3v) is 5.19. The van der Waals surface area contributed by atoms with Crippen molar-refractivity contribution in [3.05, 3.63) is 35.4 Å². The molecule has 1 unspecified atom stereocenters. The van der Waals surface area contributed by atoms with Crippen molar-refractivity contribution in [2.75, 3.05) is 26.4 Å². The molecular formula is C15H26N2O2S. The summed E-state index contributed by atoms with van der Waals surface area (Å²) >= 11 is 0. The van der Waals surface area contributed by atoms with Gasteiger partial charge in [-0.25, -0.2) is 12.7 Å². The first kappa shape index (κ1) is 17.1. The third-order valence-electron chi connectivity index (χ3n) is 3.36. The Balaban J connectivity index is 2.29. The average molecular weight is 298 g/mol. The van der Waals surface area contributed by atoms with E-state index in [9.17, 15) is 8.42 Å². The van der Waals surface area contributed by atoms with Gasteiger partial charge in [-0.05, 0) is 32.3 Å². The zero-order valence-electron chi connectivity index (χ0n) is 12.9. The van der Waals surface area contributed by atoms with E-state index in [1.54, 1.807) is 14.1 Å². The molecule has 0 saturated carbocycles. The molecule has 4 nitrogen and oxygen atoms in total. The van der Waals surface area contributed by atoms with Crippen molar-refractivity contribution >= 4 is 10.0 Å². The summed E-state index contributed by atoms with van der Waals surface area (Å²) < 4.78 is 24.5. The van der Waals surface area contributed by atoms with Crippen molar-refractivity contribution < 1.29 is 8.42 Å². The number of nitrogens with one attached hydrogen (secondary N) is 1. The van der Waals surface area contributed by atoms with Crippen molar-refractivity contribution in [1.29, 1.82) is 0 Å². The molecule has 0 fully saturated rings. The maximum absolute atomic E-state index is 11.6. The Hall–Kier alpha value is -0.910. The number of sulfonamides is 1. The molecule has 0 spiro atoms. The topological polar surface area (TPSA) is 49.4 Å². The first-order chi connectivity index (χ1) is 9.31. The van der Waals surface area contributed by atoms with Crippen LogP contribution in [0.2, 0.25) is 0 Å². The van der Waals surface area contributed by atoms with E-state index in [0.717, 1.165) is 12.8 Å². The van der Waals surface area contributed by atoms with Crippen molar-refractivity contribution in [3.63, 3.8) is 0 Å². The normalized spacial score (nSPS) is 13.7. The molecule has 1 aromatic rings. The Kier molecular flexibility index (Phi) is 6.65. The van der Waals surface area contributed by atoms with Crippen molar-refractivity contribution in [1.82, 2.24) is 9.62 Å². The molecule has 0 aliphatic rings. The predicted octanol–water partition coefficient (Wildman–Crippen LogP) is 1.80. The Morgan fingerprint density at radius 2 is 2.00 bits per heavy atom. The fourth-order valence-electron chi connectivity index (χ4n) is 1.97. The second-order valence-corrected chi connectivity index (χ2v) is 7.78. The predicted molar refractivity (Wildman–Crippen MR) is 84.4 cm³/mol. The van der Waals surface area contributed by atoms with E-state index < -0.39 is 10.0 Å². The summed E-state index contributed by atoms with van der Waals surface area (Å²) in [4.78, 5) is 0. The highest BCUT2D eigenvalue weighted by Gasteiger charge is 2.13. The lowest BCUT2D eigenvalue weighted by molar-refractivity contribution is 0.502. The molecular weight excluding hydrogens is 272 g/mol. The minimum absolute atomic E-state index is 0.148. The first-order valence-corrected chi connectivity index (χ1v) is 8.61. The van der Waals surface area contributed by atoms with Crippen LogP contribution < -0.4 is 5.32 Å². The lowest BCUT2D eigenvalue weighted by Gasteiger charge is -2.16. The highest BCUT2D eigenvalue weighted by molar-refractivity contribution is 7.89. The summed E-state index contributed by atoms with van der Waals surface area (Å²) in [5.74, 6) is 0.148. The van der Waals surface area contributed by atoms with Crippen molar-refractivity contribution in [2.45, 2.75) is 32.7 Å². The molecule has 114 valence electrons. The maximum atomic E-state index is 11.6. The summed E-state index contributed by atoms with van der Waals surface area (Å²) in [5, 5.41) is 3.27. The standard InChI is InChI=1S/C15H26N2O2S/c1-13-6-5-7-15(12-13)9-8-14(2)16-10-11-20(18,19)17(3)4/h5-7,12,14,16H,8-11H2,1-4H3. The monoisotopic (exact) mass is 298 g/mol. The van der Waals surface area contributed by atoms with E-state index in [2.05, 4.69) is 43.4 Å². The molecule has 1 N–H and O–H groups in total. The summed E-state index contributed by atoms with van der Waals surface area (Å²) in [5.41, 5.74) is 2.61. The highest BCUT2D eigenvalue weighted by atomic mass is 32.2. The second-order valence-electron chi connectivity index (χ2n) is 5.48. The minimum Gasteiger partial charge on any atom is -0.313 e. The summed E-state index contributed by atoms with van der Waals surface area (Å²) in [6, 6.07) is 8.82. The van der Waals surface area contributed by atoms with Crippen LogP contribution in [0.25, 0.3) is 0 Å². The first-order valence-electron chi connectivity index (χ1n) is 7.00. The lowest BCUT2D eigenvalue weighted by atomic mass is 10.0. The van der Waals surface area contributed by atoms with Gasteiger partial charge < -0.3 is 5.32 Å². The van der Waals surface area contributed by atoms with Crippen LogP contribution >= 0.6 is 0 Å². The summed E-state index contributed by atoms with van der Waals surface area (Å²) in [6.07, 6.45) is 2.02. The van der Waals surface area contributed by atoms with E-state index in [1.165, 1.54) is 15.4 Å². The van der Waals surface area contributed by atoms with E-state index in [1.807, 2.05) is 0 Å². The van der Waals surface area contributed by atoms with Gasteiger partial charge in [0.25, 0.3) is 0 Å². The molecule has 0 bridgehead atoms. The lowest BCUT2D eigenvalue weighted by Crippen LogP contribution is -2.35. The van der Waals surface area contributed by atoms with Crippen LogP contribution in [0.4, 0.5) is 0 Å². The van der Waals surface area contributed by atoms with Crippen molar-refractivity contribution in [2.24, 2.45) is 0 Å². The molecule has 0 aliphatic heterocycles. The molecule has 20 heavy (non-hydrogen) atoms. The third kappa shape index (κ3) is 6.03. The van der Waals surface area contributed by atoms with Gasteiger partial charge in [-0.1, -0.05) is 29.8 Å². The number of benzene rings is 1. The Bertz CT molecular complexity index is 512. The highest BCUT2D eigenvalue weighted by Crippen LogP contribution is 2.08. The van der Waals surface area contributed by atoms with Gasteiger partial charge in [-0.2, -0.15) is 0 Å². The molecule has 5 heteroatoms. The number of aryl methyl sites for hydroxylation is 2. The Labute approximate surface area is 123 Å². The smallest absolute Gasteiger partial charge is 0.214 e. The minimum atomic E-state index is -3.10. The Morgan fingerprint density at radius 3 is 2.60 bits per heavy atom. The molecule has 0 radical (unpaired) electrons. The molecule has 1 aromatic carbocycles. The SMILES string of the molecule is Cc1cccc(CCC(C)NCCS(=O)(=O)N(C)C)c1. The van der Waals surface area contributed by atoms with E-state index >= 15 is 0 Å². The maximum Gasteiger partial charge on any atom is 0.214 e. The van der Waals surface area contributed by atoms with Gasteiger partial charge in [0.05, 0.1) is 5.75 Å². The zero-order valence-corrected chi connectivity index (χ0v) is 13.7. The van der Waals surface area contributed by atoms with Crippen LogP contribution in [-0.4, -0.2) is 45.2 Å². The summed E-state index contributed by atoms with van der Waals surface area (Å²) in [6.45, 7) is 4.69. The average Bonchev–Trinajstić information content (AvgIpc) is 2.36. The molecule has 0 aliphatic carbocycles. The fraction of sp³-hybridized carbons (Fsp3) is 0.600. The van der Waals surface area contributed by atoms with Gasteiger partial charge >= 0.3 is 0 Å². The molecule has 0 amide bonds. The molecule has 1 rings (SSSR count). The van der Waals surface area contributed by atoms with Crippen molar-refractivity contribution in [3.8, 4) is 0 Å². The van der Waals surface area contributed by atoms with Crippen LogP contribution in [0.3, 0.4) is 0 Å². The van der Waals surface area contributed by atoms with Gasteiger partial charge in [0.15, 0.2) is 0 Å². The van der Waals surface area contributed by atoms with E-state index in [4.69, 9.17) is 0 Å². The molecule has 1 atom stereocenters. The second kappa shape index (κ2) is 7.76. The number of hydrogen-bond acceptors (Lipinski definition) is 3. The van der Waals surface area contributed by atoms with Crippen LogP contribution in [0.5, 0.6) is 0 Å². The van der Waals surface area contributed by atoms with Gasteiger partial charge in [-0.3, -0.25) is 0 Å². The van der Waals surface area contributed by atoms with Gasteiger partial charge in [0, 0.05) is 26.7 Å². The molecule has 0 aromatic heterocycles. The number of nitrogens with zero attached hydrogens (tertiary/aromatic N) is 1. The fourth-order valence-corrected chi connectivity index (χ4v) is 2.71. The van der Waals surface area contributed by atoms with E-state index in [-0.39, 0.29) is 5.75 Å². The van der Waals surface area contributed by atoms with Gasteiger partial charge in [0.2, 0.25) is 10.0 Å².